The lowest BCUT2D eigenvalue weighted by atomic mass is 10.1. The Hall–Kier alpha value is -0.900. The SMILES string of the molecule is COC(=O)c1cccc(CS(=O)(=O)NCCCN2CCNCC2)c1.Cl.Cl. The van der Waals surface area contributed by atoms with Crippen molar-refractivity contribution in [3.63, 3.8) is 0 Å². The quantitative estimate of drug-likeness (QED) is 0.475. The van der Waals surface area contributed by atoms with Crippen molar-refractivity contribution in [1.82, 2.24) is 14.9 Å². The van der Waals surface area contributed by atoms with E-state index in [-0.39, 0.29) is 30.6 Å². The Kier molecular flexibility index (Phi) is 12.0. The fraction of sp³-hybridized carbons (Fsp3) is 0.562. The number of piperazine rings is 1. The third kappa shape index (κ3) is 8.66. The molecule has 0 radical (unpaired) electrons. The molecule has 0 atom stereocenters. The highest BCUT2D eigenvalue weighted by Gasteiger charge is 2.14. The van der Waals surface area contributed by atoms with Crippen molar-refractivity contribution >= 4 is 40.8 Å². The molecule has 26 heavy (non-hydrogen) atoms. The van der Waals surface area contributed by atoms with Gasteiger partial charge in [-0.25, -0.2) is 17.9 Å². The standard InChI is InChI=1S/C16H25N3O4S.2ClH/c1-23-16(20)15-5-2-4-14(12-15)13-24(21,22)18-6-3-9-19-10-7-17-8-11-19;;/h2,4-5,12,17-18H,3,6-11,13H2,1H3;2*1H. The van der Waals surface area contributed by atoms with E-state index in [0.29, 0.717) is 17.7 Å². The number of hydrogen-bond donors (Lipinski definition) is 2. The highest BCUT2D eigenvalue weighted by Crippen LogP contribution is 2.10. The number of ether oxygens (including phenoxy) is 1. The Morgan fingerprint density at radius 3 is 2.62 bits per heavy atom. The topological polar surface area (TPSA) is 87.7 Å². The molecule has 2 N–H and O–H groups in total. The Morgan fingerprint density at radius 1 is 1.27 bits per heavy atom. The molecule has 1 aliphatic heterocycles. The molecule has 1 fully saturated rings. The van der Waals surface area contributed by atoms with E-state index in [1.165, 1.54) is 7.11 Å². The highest BCUT2D eigenvalue weighted by atomic mass is 35.5. The van der Waals surface area contributed by atoms with E-state index in [9.17, 15) is 13.2 Å². The summed E-state index contributed by atoms with van der Waals surface area (Å²) in [6, 6.07) is 6.49. The van der Waals surface area contributed by atoms with E-state index in [2.05, 4.69) is 19.7 Å². The van der Waals surface area contributed by atoms with Gasteiger partial charge in [-0.2, -0.15) is 0 Å². The largest absolute Gasteiger partial charge is 0.465 e. The fourth-order valence-corrected chi connectivity index (χ4v) is 3.82. The van der Waals surface area contributed by atoms with Crippen molar-refractivity contribution in [2.24, 2.45) is 0 Å². The lowest BCUT2D eigenvalue weighted by Crippen LogP contribution is -2.44. The maximum absolute atomic E-state index is 12.2. The van der Waals surface area contributed by atoms with Gasteiger partial charge >= 0.3 is 5.97 Å². The third-order valence-electron chi connectivity index (χ3n) is 3.89. The minimum atomic E-state index is -3.42. The number of esters is 1. The summed E-state index contributed by atoms with van der Waals surface area (Å²) in [5.41, 5.74) is 0.913. The van der Waals surface area contributed by atoms with E-state index in [0.717, 1.165) is 39.1 Å². The van der Waals surface area contributed by atoms with Crippen LogP contribution in [0.15, 0.2) is 24.3 Å². The second kappa shape index (κ2) is 12.5. The number of rotatable bonds is 8. The molecule has 0 unspecified atom stereocenters. The zero-order chi connectivity index (χ0) is 17.4. The normalized spacial score (nSPS) is 14.8. The first-order valence-electron chi connectivity index (χ1n) is 8.08. The van der Waals surface area contributed by atoms with Crippen molar-refractivity contribution in [1.29, 1.82) is 0 Å². The van der Waals surface area contributed by atoms with Crippen molar-refractivity contribution in [2.45, 2.75) is 12.2 Å². The summed E-state index contributed by atoms with van der Waals surface area (Å²) in [7, 11) is -2.12. The van der Waals surface area contributed by atoms with Gasteiger partial charge in [0.1, 0.15) is 0 Å². The molecular formula is C16H27Cl2N3O4S. The van der Waals surface area contributed by atoms with Gasteiger partial charge in [0, 0.05) is 32.7 Å². The Labute approximate surface area is 167 Å². The lowest BCUT2D eigenvalue weighted by molar-refractivity contribution is 0.0600. The second-order valence-corrected chi connectivity index (χ2v) is 7.60. The smallest absolute Gasteiger partial charge is 0.337 e. The van der Waals surface area contributed by atoms with Crippen LogP contribution in [0.2, 0.25) is 0 Å². The summed E-state index contributed by atoms with van der Waals surface area (Å²) in [6.07, 6.45) is 0.779. The molecule has 0 aliphatic carbocycles. The predicted molar refractivity (Wildman–Crippen MR) is 107 cm³/mol. The molecular weight excluding hydrogens is 401 g/mol. The molecule has 2 rings (SSSR count). The van der Waals surface area contributed by atoms with Crippen molar-refractivity contribution < 1.29 is 17.9 Å². The summed E-state index contributed by atoms with van der Waals surface area (Å²) in [4.78, 5) is 13.8. The van der Waals surface area contributed by atoms with Crippen LogP contribution in [-0.2, 0) is 20.5 Å². The number of halogens is 2. The van der Waals surface area contributed by atoms with Crippen LogP contribution in [0.4, 0.5) is 0 Å². The number of hydrogen-bond acceptors (Lipinski definition) is 6. The van der Waals surface area contributed by atoms with Gasteiger partial charge in [-0.05, 0) is 30.7 Å². The summed E-state index contributed by atoms with van der Waals surface area (Å²) in [6.45, 7) is 5.30. The maximum atomic E-state index is 12.2. The van der Waals surface area contributed by atoms with Gasteiger partial charge in [0.15, 0.2) is 0 Å². The Bertz CT molecular complexity index is 653. The van der Waals surface area contributed by atoms with E-state index < -0.39 is 16.0 Å². The van der Waals surface area contributed by atoms with Gasteiger partial charge in [-0.15, -0.1) is 24.8 Å². The molecule has 10 heteroatoms. The molecule has 0 amide bonds. The van der Waals surface area contributed by atoms with E-state index in [1.54, 1.807) is 24.3 Å². The summed E-state index contributed by atoms with van der Waals surface area (Å²) >= 11 is 0. The van der Waals surface area contributed by atoms with Gasteiger partial charge < -0.3 is 15.0 Å². The van der Waals surface area contributed by atoms with Crippen molar-refractivity contribution in [3.8, 4) is 0 Å². The van der Waals surface area contributed by atoms with Crippen LogP contribution in [0.1, 0.15) is 22.3 Å². The minimum absolute atomic E-state index is 0. The first-order valence-corrected chi connectivity index (χ1v) is 9.73. The van der Waals surface area contributed by atoms with Crippen LogP contribution in [0.25, 0.3) is 0 Å². The summed E-state index contributed by atoms with van der Waals surface area (Å²) < 4.78 is 31.6. The molecule has 150 valence electrons. The molecule has 1 aromatic rings. The van der Waals surface area contributed by atoms with Gasteiger partial charge in [0.05, 0.1) is 18.4 Å². The highest BCUT2D eigenvalue weighted by molar-refractivity contribution is 7.88. The molecule has 0 spiro atoms. The maximum Gasteiger partial charge on any atom is 0.337 e. The average Bonchev–Trinajstić information content (AvgIpc) is 2.59. The molecule has 1 heterocycles. The van der Waals surface area contributed by atoms with Gasteiger partial charge in [0.2, 0.25) is 10.0 Å². The van der Waals surface area contributed by atoms with Gasteiger partial charge in [0.25, 0.3) is 0 Å². The number of carbonyl (C=O) groups excluding carboxylic acids is 1. The molecule has 1 saturated heterocycles. The van der Waals surface area contributed by atoms with Crippen LogP contribution < -0.4 is 10.0 Å². The molecule has 7 nitrogen and oxygen atoms in total. The van der Waals surface area contributed by atoms with Crippen LogP contribution in [0.3, 0.4) is 0 Å². The Morgan fingerprint density at radius 2 is 1.96 bits per heavy atom. The zero-order valence-electron chi connectivity index (χ0n) is 14.8. The first-order chi connectivity index (χ1) is 11.5. The molecule has 1 aliphatic rings. The van der Waals surface area contributed by atoms with Gasteiger partial charge in [-0.1, -0.05) is 12.1 Å². The van der Waals surface area contributed by atoms with Crippen LogP contribution in [0.5, 0.6) is 0 Å². The monoisotopic (exact) mass is 427 g/mol. The van der Waals surface area contributed by atoms with Crippen LogP contribution >= 0.6 is 24.8 Å². The van der Waals surface area contributed by atoms with Crippen LogP contribution in [0, 0.1) is 0 Å². The second-order valence-electron chi connectivity index (χ2n) is 5.79. The summed E-state index contributed by atoms with van der Waals surface area (Å²) in [5, 5.41) is 3.29. The third-order valence-corrected chi connectivity index (χ3v) is 5.24. The first kappa shape index (κ1) is 25.1. The molecule has 0 aromatic heterocycles. The number of benzene rings is 1. The number of sulfonamides is 1. The Balaban J connectivity index is 0.00000312. The van der Waals surface area contributed by atoms with E-state index in [1.807, 2.05) is 0 Å². The average molecular weight is 428 g/mol. The summed E-state index contributed by atoms with van der Waals surface area (Å²) in [5.74, 6) is -0.621. The molecule has 1 aromatic carbocycles. The minimum Gasteiger partial charge on any atom is -0.465 e. The predicted octanol–water partition coefficient (Wildman–Crippen LogP) is 1.03. The number of carbonyl (C=O) groups is 1. The number of methoxy groups -OCH3 is 1. The van der Waals surface area contributed by atoms with Crippen LogP contribution in [-0.4, -0.2) is 65.7 Å². The van der Waals surface area contributed by atoms with Crippen molar-refractivity contribution in [3.05, 3.63) is 35.4 Å². The van der Waals surface area contributed by atoms with Gasteiger partial charge in [-0.3, -0.25) is 0 Å². The fourth-order valence-electron chi connectivity index (χ4n) is 2.64. The molecule has 0 bridgehead atoms. The molecule has 0 saturated carbocycles. The lowest BCUT2D eigenvalue weighted by Gasteiger charge is -2.27. The number of nitrogens with zero attached hydrogens (tertiary/aromatic N) is 1. The van der Waals surface area contributed by atoms with E-state index >= 15 is 0 Å². The zero-order valence-corrected chi connectivity index (χ0v) is 17.2. The van der Waals surface area contributed by atoms with Crippen molar-refractivity contribution in [2.75, 3.05) is 46.4 Å². The number of nitrogens with one attached hydrogen (secondary N) is 2. The van der Waals surface area contributed by atoms with E-state index in [4.69, 9.17) is 0 Å².